The molecule has 1 heterocycles. The zero-order chi connectivity index (χ0) is 11.0. The third kappa shape index (κ3) is 2.18. The minimum Gasteiger partial charge on any atom is -0.481 e. The topological polar surface area (TPSA) is 72.2 Å². The number of halogens is 1. The lowest BCUT2D eigenvalue weighted by molar-refractivity contribution is -0.136. The van der Waals surface area contributed by atoms with Crippen molar-refractivity contribution >= 4 is 17.6 Å². The van der Waals surface area contributed by atoms with Gasteiger partial charge in [0.05, 0.1) is 6.42 Å². The number of carboxylic acids is 1. The Balaban J connectivity index is 2.48. The van der Waals surface area contributed by atoms with Crippen molar-refractivity contribution in [1.29, 1.82) is 0 Å². The summed E-state index contributed by atoms with van der Waals surface area (Å²) in [7, 11) is 0. The molecule has 80 valence electrons. The maximum atomic E-state index is 11.5. The van der Waals surface area contributed by atoms with Gasteiger partial charge >= 0.3 is 11.7 Å². The van der Waals surface area contributed by atoms with E-state index in [1.165, 1.54) is 10.6 Å². The van der Waals surface area contributed by atoms with Crippen LogP contribution in [0.15, 0.2) is 10.9 Å². The quantitative estimate of drug-likeness (QED) is 0.779. The molecule has 1 saturated carbocycles. The van der Waals surface area contributed by atoms with E-state index in [2.05, 4.69) is 4.98 Å². The molecule has 0 aliphatic heterocycles. The molecule has 0 spiro atoms. The second-order valence-corrected chi connectivity index (χ2v) is 3.91. The predicted molar refractivity (Wildman–Crippen MR) is 53.1 cm³/mol. The lowest BCUT2D eigenvalue weighted by atomic mass is 10.3. The summed E-state index contributed by atoms with van der Waals surface area (Å²) in [5.41, 5.74) is -0.0312. The zero-order valence-corrected chi connectivity index (χ0v) is 8.57. The second-order valence-electron chi connectivity index (χ2n) is 3.52. The Morgan fingerprint density at radius 1 is 1.67 bits per heavy atom. The zero-order valence-electron chi connectivity index (χ0n) is 7.81. The van der Waals surface area contributed by atoms with Crippen molar-refractivity contribution in [2.24, 2.45) is 0 Å². The molecule has 1 N–H and O–H groups in total. The smallest absolute Gasteiger partial charge is 0.349 e. The van der Waals surface area contributed by atoms with E-state index in [0.717, 1.165) is 12.8 Å². The fraction of sp³-hybridized carbons (Fsp3) is 0.444. The summed E-state index contributed by atoms with van der Waals surface area (Å²) in [6.07, 6.45) is 1.60. The summed E-state index contributed by atoms with van der Waals surface area (Å²) in [5.74, 6) is -0.980. The normalized spacial score (nSPS) is 15.3. The van der Waals surface area contributed by atoms with Crippen LogP contribution in [0, 0.1) is 0 Å². The van der Waals surface area contributed by atoms with Gasteiger partial charge in [0.25, 0.3) is 0 Å². The van der Waals surface area contributed by atoms with Crippen molar-refractivity contribution in [3.8, 4) is 0 Å². The van der Waals surface area contributed by atoms with Crippen LogP contribution in [-0.2, 0) is 11.2 Å². The molecular weight excluding hydrogens is 220 g/mol. The van der Waals surface area contributed by atoms with Gasteiger partial charge in [-0.25, -0.2) is 4.79 Å². The first kappa shape index (κ1) is 10.2. The van der Waals surface area contributed by atoms with E-state index in [1.807, 2.05) is 0 Å². The monoisotopic (exact) mass is 228 g/mol. The SMILES string of the molecule is O=C(O)Cc1cc(Cl)nc(=O)n1C1CC1. The highest BCUT2D eigenvalue weighted by atomic mass is 35.5. The Labute approximate surface area is 90.3 Å². The first-order valence-electron chi connectivity index (χ1n) is 4.57. The van der Waals surface area contributed by atoms with E-state index in [-0.39, 0.29) is 17.6 Å². The molecule has 0 radical (unpaired) electrons. The Morgan fingerprint density at radius 3 is 2.87 bits per heavy atom. The van der Waals surface area contributed by atoms with Gasteiger partial charge in [0.1, 0.15) is 5.15 Å². The molecular formula is C9H9ClN2O3. The van der Waals surface area contributed by atoms with E-state index < -0.39 is 11.7 Å². The van der Waals surface area contributed by atoms with E-state index in [4.69, 9.17) is 16.7 Å². The maximum absolute atomic E-state index is 11.5. The molecule has 5 nitrogen and oxygen atoms in total. The molecule has 1 fully saturated rings. The Hall–Kier alpha value is -1.36. The highest BCUT2D eigenvalue weighted by molar-refractivity contribution is 6.29. The lowest BCUT2D eigenvalue weighted by Gasteiger charge is -2.09. The van der Waals surface area contributed by atoms with Crippen molar-refractivity contribution < 1.29 is 9.90 Å². The van der Waals surface area contributed by atoms with Gasteiger partial charge in [0.2, 0.25) is 0 Å². The molecule has 1 aliphatic rings. The van der Waals surface area contributed by atoms with Crippen LogP contribution in [0.2, 0.25) is 5.15 Å². The van der Waals surface area contributed by atoms with Crippen LogP contribution >= 0.6 is 11.6 Å². The van der Waals surface area contributed by atoms with Gasteiger partial charge in [-0.15, -0.1) is 0 Å². The Kier molecular flexibility index (Phi) is 2.48. The molecule has 1 aliphatic carbocycles. The average Bonchev–Trinajstić information content (AvgIpc) is 2.84. The summed E-state index contributed by atoms with van der Waals surface area (Å²) in [4.78, 5) is 25.7. The maximum Gasteiger partial charge on any atom is 0.349 e. The fourth-order valence-electron chi connectivity index (χ4n) is 1.52. The predicted octanol–water partition coefficient (Wildman–Crippen LogP) is 0.859. The van der Waals surface area contributed by atoms with Crippen LogP contribution in [0.1, 0.15) is 24.6 Å². The van der Waals surface area contributed by atoms with E-state index >= 15 is 0 Å². The van der Waals surface area contributed by atoms with Crippen LogP contribution in [-0.4, -0.2) is 20.6 Å². The van der Waals surface area contributed by atoms with Gasteiger partial charge in [0, 0.05) is 11.7 Å². The van der Waals surface area contributed by atoms with Gasteiger partial charge in [-0.05, 0) is 18.9 Å². The number of carbonyl (C=O) groups is 1. The van der Waals surface area contributed by atoms with Crippen LogP contribution in [0.4, 0.5) is 0 Å². The summed E-state index contributed by atoms with van der Waals surface area (Å²) >= 11 is 5.61. The van der Waals surface area contributed by atoms with E-state index in [1.54, 1.807) is 0 Å². The average molecular weight is 229 g/mol. The Bertz CT molecular complexity index is 465. The largest absolute Gasteiger partial charge is 0.481 e. The van der Waals surface area contributed by atoms with Crippen molar-refractivity contribution in [2.75, 3.05) is 0 Å². The number of rotatable bonds is 3. The first-order valence-corrected chi connectivity index (χ1v) is 4.95. The standard InChI is InChI=1S/C9H9ClN2O3/c10-7-3-6(4-8(13)14)12(5-1-2-5)9(15)11-7/h3,5H,1-2,4H2,(H,13,14). The lowest BCUT2D eigenvalue weighted by Crippen LogP contribution is -2.26. The second kappa shape index (κ2) is 3.66. The molecule has 2 rings (SSSR count). The number of hydrogen-bond acceptors (Lipinski definition) is 3. The van der Waals surface area contributed by atoms with Crippen molar-refractivity contribution in [3.63, 3.8) is 0 Å². The van der Waals surface area contributed by atoms with Crippen molar-refractivity contribution in [2.45, 2.75) is 25.3 Å². The van der Waals surface area contributed by atoms with E-state index in [9.17, 15) is 9.59 Å². The molecule has 1 aromatic rings. The van der Waals surface area contributed by atoms with Crippen molar-refractivity contribution in [3.05, 3.63) is 27.4 Å². The fourth-order valence-corrected chi connectivity index (χ4v) is 1.72. The Morgan fingerprint density at radius 2 is 2.33 bits per heavy atom. The summed E-state index contributed by atoms with van der Waals surface area (Å²) in [6, 6.07) is 1.55. The van der Waals surface area contributed by atoms with Crippen LogP contribution < -0.4 is 5.69 Å². The van der Waals surface area contributed by atoms with Crippen LogP contribution in [0.3, 0.4) is 0 Å². The highest BCUT2D eigenvalue weighted by Gasteiger charge is 2.27. The van der Waals surface area contributed by atoms with Gasteiger partial charge in [0.15, 0.2) is 0 Å². The third-order valence-corrected chi connectivity index (χ3v) is 2.44. The third-order valence-electron chi connectivity index (χ3n) is 2.25. The van der Waals surface area contributed by atoms with Gasteiger partial charge in [-0.3, -0.25) is 9.36 Å². The summed E-state index contributed by atoms with van der Waals surface area (Å²) in [5, 5.41) is 8.75. The molecule has 0 unspecified atom stereocenters. The molecule has 0 aromatic carbocycles. The molecule has 6 heteroatoms. The number of aromatic nitrogens is 2. The summed E-state index contributed by atoms with van der Waals surface area (Å²) in [6.45, 7) is 0. The van der Waals surface area contributed by atoms with Gasteiger partial charge in [-0.2, -0.15) is 4.98 Å². The minimum atomic E-state index is -0.980. The number of hydrogen-bond donors (Lipinski definition) is 1. The number of aliphatic carboxylic acids is 1. The van der Waals surface area contributed by atoms with Crippen LogP contribution in [0.25, 0.3) is 0 Å². The minimum absolute atomic E-state index is 0.0492. The number of carboxylic acid groups (broad SMARTS) is 1. The molecule has 0 bridgehead atoms. The van der Waals surface area contributed by atoms with Gasteiger partial charge < -0.3 is 5.11 Å². The molecule has 0 saturated heterocycles. The molecule has 0 atom stereocenters. The number of nitrogens with zero attached hydrogens (tertiary/aromatic N) is 2. The molecule has 0 amide bonds. The summed E-state index contributed by atoms with van der Waals surface area (Å²) < 4.78 is 1.43. The van der Waals surface area contributed by atoms with Crippen molar-refractivity contribution in [1.82, 2.24) is 9.55 Å². The highest BCUT2D eigenvalue weighted by Crippen LogP contribution is 2.34. The first-order chi connectivity index (χ1) is 7.08. The molecule has 15 heavy (non-hydrogen) atoms. The van der Waals surface area contributed by atoms with E-state index in [0.29, 0.717) is 5.69 Å². The van der Waals surface area contributed by atoms with Crippen LogP contribution in [0.5, 0.6) is 0 Å². The molecule has 1 aromatic heterocycles. The van der Waals surface area contributed by atoms with Gasteiger partial charge in [-0.1, -0.05) is 11.6 Å².